The molecule has 0 heterocycles. The maximum Gasteiger partial charge on any atom is 0.330 e. The molecule has 0 aromatic carbocycles. The van der Waals surface area contributed by atoms with Crippen molar-refractivity contribution in [3.63, 3.8) is 0 Å². The number of hydrogen-bond acceptors (Lipinski definition) is 12. The fourth-order valence-electron chi connectivity index (χ4n) is 4.82. The SMILES string of the molecule is C#CCOCCOCCNC(=O)CCC(CCC(=O)NCCOCCOCC#C)(CCC(=O)NCCOCCOCC#C)NC(=O)CCCCOP(=O)(O)C(C)C. The normalized spacial score (nSPS) is 12.2. The van der Waals surface area contributed by atoms with E-state index < -0.39 is 18.8 Å². The first-order chi connectivity index (χ1) is 27.4. The van der Waals surface area contributed by atoms with E-state index in [2.05, 4.69) is 39.0 Å². The van der Waals surface area contributed by atoms with Crippen LogP contribution in [-0.4, -0.2) is 145 Å². The fourth-order valence-corrected chi connectivity index (χ4v) is 5.51. The summed E-state index contributed by atoms with van der Waals surface area (Å²) in [5.41, 5.74) is -1.68. The average molecular weight is 829 g/mol. The molecule has 324 valence electrons. The highest BCUT2D eigenvalue weighted by Gasteiger charge is 2.33. The van der Waals surface area contributed by atoms with E-state index in [-0.39, 0.29) is 134 Å². The molecular formula is C39H65N4O13P. The minimum Gasteiger partial charge on any atom is -0.377 e. The standard InChI is InChI=1S/C39H65N4O13P/c1-6-21-50-28-31-53-25-18-40-35(44)12-15-39(16-13-36(45)41-19-26-54-32-29-51-22-7-2,17-14-37(46)42-20-27-55-33-30-52-23-8-3)43-38(47)11-9-10-24-56-57(48,49)34(4)5/h1-3,34H,9-33H2,4-5H3,(H,40,44)(H,41,45)(H,42,46)(H,43,47)(H,48,49). The Morgan fingerprint density at radius 2 is 0.930 bits per heavy atom. The van der Waals surface area contributed by atoms with Crippen LogP contribution >= 0.6 is 7.60 Å². The van der Waals surface area contributed by atoms with Gasteiger partial charge in [-0.05, 0) is 32.1 Å². The van der Waals surface area contributed by atoms with Crippen LogP contribution in [0.25, 0.3) is 0 Å². The summed E-state index contributed by atoms with van der Waals surface area (Å²) < 4.78 is 49.1. The van der Waals surface area contributed by atoms with Crippen LogP contribution in [0.15, 0.2) is 0 Å². The van der Waals surface area contributed by atoms with Crippen LogP contribution < -0.4 is 21.3 Å². The summed E-state index contributed by atoms with van der Waals surface area (Å²) in [5, 5.41) is 11.4. The third-order valence-corrected chi connectivity index (χ3v) is 9.86. The van der Waals surface area contributed by atoms with Gasteiger partial charge in [-0.25, -0.2) is 0 Å². The summed E-state index contributed by atoms with van der Waals surface area (Å²) in [5.74, 6) is 5.79. The van der Waals surface area contributed by atoms with Gasteiger partial charge in [0.1, 0.15) is 19.8 Å². The number of unbranched alkanes of at least 4 members (excludes halogenated alkanes) is 1. The predicted molar refractivity (Wildman–Crippen MR) is 214 cm³/mol. The number of carbonyl (C=O) groups is 4. The molecule has 18 heteroatoms. The largest absolute Gasteiger partial charge is 0.377 e. The van der Waals surface area contributed by atoms with Crippen molar-refractivity contribution in [3.8, 4) is 37.0 Å². The maximum absolute atomic E-state index is 13.4. The molecule has 0 aliphatic heterocycles. The molecule has 1 atom stereocenters. The van der Waals surface area contributed by atoms with E-state index in [1.807, 2.05) is 0 Å². The van der Waals surface area contributed by atoms with Gasteiger partial charge >= 0.3 is 7.60 Å². The number of carbonyl (C=O) groups excluding carboxylic acids is 4. The zero-order valence-corrected chi connectivity index (χ0v) is 34.7. The van der Waals surface area contributed by atoms with Crippen molar-refractivity contribution >= 4 is 31.2 Å². The van der Waals surface area contributed by atoms with Gasteiger partial charge in [-0.15, -0.1) is 19.3 Å². The second-order valence-electron chi connectivity index (χ2n) is 12.9. The molecule has 0 saturated heterocycles. The van der Waals surface area contributed by atoms with E-state index in [0.717, 1.165) is 0 Å². The second kappa shape index (κ2) is 35.6. The van der Waals surface area contributed by atoms with Crippen molar-refractivity contribution in [2.24, 2.45) is 0 Å². The lowest BCUT2D eigenvalue weighted by atomic mass is 9.83. The molecule has 0 radical (unpaired) electrons. The Bertz CT molecular complexity index is 1180. The van der Waals surface area contributed by atoms with Crippen LogP contribution in [0.4, 0.5) is 0 Å². The van der Waals surface area contributed by atoms with E-state index in [0.29, 0.717) is 52.5 Å². The Morgan fingerprint density at radius 1 is 0.561 bits per heavy atom. The van der Waals surface area contributed by atoms with Crippen LogP contribution in [0.3, 0.4) is 0 Å². The highest BCUT2D eigenvalue weighted by Crippen LogP contribution is 2.47. The predicted octanol–water partition coefficient (Wildman–Crippen LogP) is 1.31. The second-order valence-corrected chi connectivity index (χ2v) is 15.4. The Kier molecular flexibility index (Phi) is 33.4. The van der Waals surface area contributed by atoms with Crippen LogP contribution in [0.2, 0.25) is 0 Å². The number of nitrogens with one attached hydrogen (secondary N) is 4. The number of amides is 4. The van der Waals surface area contributed by atoms with Crippen LogP contribution in [-0.2, 0) is 56.7 Å². The van der Waals surface area contributed by atoms with Gasteiger partial charge in [0.25, 0.3) is 0 Å². The van der Waals surface area contributed by atoms with Gasteiger partial charge in [0.15, 0.2) is 0 Å². The maximum atomic E-state index is 13.4. The quantitative estimate of drug-likeness (QED) is 0.0338. The number of rotatable bonds is 38. The number of ether oxygens (including phenoxy) is 6. The van der Waals surface area contributed by atoms with Gasteiger partial charge in [-0.1, -0.05) is 31.6 Å². The topological polar surface area (TPSA) is 218 Å². The minimum absolute atomic E-state index is 0.00413. The van der Waals surface area contributed by atoms with E-state index >= 15 is 0 Å². The van der Waals surface area contributed by atoms with Gasteiger partial charge in [-0.3, -0.25) is 23.7 Å². The summed E-state index contributed by atoms with van der Waals surface area (Å²) in [4.78, 5) is 62.2. The van der Waals surface area contributed by atoms with E-state index in [4.69, 9.17) is 52.2 Å². The highest BCUT2D eigenvalue weighted by atomic mass is 31.2. The molecule has 0 aliphatic carbocycles. The van der Waals surface area contributed by atoms with Gasteiger partial charge < -0.3 is 59.1 Å². The lowest BCUT2D eigenvalue weighted by Crippen LogP contribution is -2.50. The van der Waals surface area contributed by atoms with Crippen molar-refractivity contribution in [2.75, 3.05) is 106 Å². The smallest absolute Gasteiger partial charge is 0.330 e. The van der Waals surface area contributed by atoms with E-state index in [1.54, 1.807) is 13.8 Å². The van der Waals surface area contributed by atoms with Gasteiger partial charge in [0, 0.05) is 50.9 Å². The molecule has 0 rings (SSSR count). The first-order valence-electron chi connectivity index (χ1n) is 19.3. The first kappa shape index (κ1) is 53.5. The molecular weight excluding hydrogens is 763 g/mol. The molecule has 0 bridgehead atoms. The Hall–Kier alpha value is -3.53. The van der Waals surface area contributed by atoms with Gasteiger partial charge in [0.2, 0.25) is 23.6 Å². The van der Waals surface area contributed by atoms with E-state index in [1.165, 1.54) is 0 Å². The molecule has 4 amide bonds. The monoisotopic (exact) mass is 828 g/mol. The van der Waals surface area contributed by atoms with Gasteiger partial charge in [0.05, 0.1) is 71.7 Å². The van der Waals surface area contributed by atoms with Crippen molar-refractivity contribution in [2.45, 2.75) is 82.8 Å². The summed E-state index contributed by atoms with van der Waals surface area (Å²) in [6, 6.07) is 0. The molecule has 0 aromatic heterocycles. The first-order valence-corrected chi connectivity index (χ1v) is 20.9. The van der Waals surface area contributed by atoms with Crippen molar-refractivity contribution in [3.05, 3.63) is 0 Å². The molecule has 57 heavy (non-hydrogen) atoms. The molecule has 17 nitrogen and oxygen atoms in total. The molecule has 5 N–H and O–H groups in total. The Morgan fingerprint density at radius 3 is 1.28 bits per heavy atom. The van der Waals surface area contributed by atoms with Crippen molar-refractivity contribution in [1.29, 1.82) is 0 Å². The van der Waals surface area contributed by atoms with Gasteiger partial charge in [-0.2, -0.15) is 0 Å². The van der Waals surface area contributed by atoms with Crippen LogP contribution in [0.5, 0.6) is 0 Å². The zero-order chi connectivity index (χ0) is 42.5. The lowest BCUT2D eigenvalue weighted by molar-refractivity contribution is -0.127. The van der Waals surface area contributed by atoms with Crippen molar-refractivity contribution < 1.29 is 61.6 Å². The van der Waals surface area contributed by atoms with Crippen LogP contribution in [0, 0.1) is 37.0 Å². The summed E-state index contributed by atoms with van der Waals surface area (Å²) in [6.45, 7) is 6.99. The zero-order valence-electron chi connectivity index (χ0n) is 33.8. The fraction of sp³-hybridized carbons (Fsp3) is 0.744. The molecule has 0 fully saturated rings. The summed E-state index contributed by atoms with van der Waals surface area (Å²) in [7, 11) is -3.75. The Labute approximate surface area is 339 Å². The Balaban J connectivity index is 5.62. The number of terminal acetylenes is 3. The summed E-state index contributed by atoms with van der Waals surface area (Å²) >= 11 is 0. The molecule has 0 aromatic rings. The van der Waals surface area contributed by atoms with E-state index in [9.17, 15) is 28.6 Å². The molecule has 0 aliphatic rings. The highest BCUT2D eigenvalue weighted by molar-refractivity contribution is 7.53. The van der Waals surface area contributed by atoms with Crippen molar-refractivity contribution in [1.82, 2.24) is 21.3 Å². The third kappa shape index (κ3) is 32.2. The average Bonchev–Trinajstić information content (AvgIpc) is 3.18. The minimum atomic E-state index is -3.75. The summed E-state index contributed by atoms with van der Waals surface area (Å²) in [6.07, 6.45) is 16.5. The number of hydrogen-bond donors (Lipinski definition) is 5. The third-order valence-electron chi connectivity index (χ3n) is 8.00. The molecule has 1 unspecified atom stereocenters. The molecule has 0 spiro atoms. The molecule has 0 saturated carbocycles. The van der Waals surface area contributed by atoms with Crippen LogP contribution in [0.1, 0.15) is 71.6 Å². The lowest BCUT2D eigenvalue weighted by Gasteiger charge is -2.35.